The molecule has 0 unspecified atom stereocenters. The summed E-state index contributed by atoms with van der Waals surface area (Å²) in [6.45, 7) is 1.97. The van der Waals surface area contributed by atoms with E-state index in [1.165, 1.54) is 4.90 Å². The Morgan fingerprint density at radius 3 is 2.48 bits per heavy atom. The summed E-state index contributed by atoms with van der Waals surface area (Å²) in [7, 11) is 0. The van der Waals surface area contributed by atoms with Crippen molar-refractivity contribution in [3.8, 4) is 0 Å². The molecule has 1 heterocycles. The first-order valence-electron chi connectivity index (χ1n) is 6.60. The second-order valence-electron chi connectivity index (χ2n) is 4.83. The van der Waals surface area contributed by atoms with E-state index in [-0.39, 0.29) is 0 Å². The molecule has 1 aromatic heterocycles. The van der Waals surface area contributed by atoms with Crippen LogP contribution in [0.25, 0.3) is 10.9 Å². The van der Waals surface area contributed by atoms with E-state index in [1.54, 1.807) is 24.4 Å². The number of pyridine rings is 1. The van der Waals surface area contributed by atoms with Gasteiger partial charge in [-0.1, -0.05) is 23.8 Å². The van der Waals surface area contributed by atoms with Crippen molar-refractivity contribution in [1.82, 2.24) is 4.98 Å². The van der Waals surface area contributed by atoms with E-state index in [0.29, 0.717) is 11.4 Å². The molecule has 1 N–H and O–H groups in total. The first kappa shape index (κ1) is 13.1. The van der Waals surface area contributed by atoms with Gasteiger partial charge in [0.15, 0.2) is 0 Å². The smallest absolute Gasteiger partial charge is 0.416 e. The first-order chi connectivity index (χ1) is 10.1. The summed E-state index contributed by atoms with van der Waals surface area (Å²) in [5, 5.41) is 10.4. The van der Waals surface area contributed by atoms with Crippen molar-refractivity contribution < 1.29 is 9.90 Å². The highest BCUT2D eigenvalue weighted by atomic mass is 16.4. The van der Waals surface area contributed by atoms with Crippen LogP contribution in [-0.4, -0.2) is 16.2 Å². The Kier molecular flexibility index (Phi) is 3.28. The lowest BCUT2D eigenvalue weighted by Gasteiger charge is -2.20. The van der Waals surface area contributed by atoms with Gasteiger partial charge in [0.2, 0.25) is 0 Å². The Labute approximate surface area is 122 Å². The number of amides is 1. The van der Waals surface area contributed by atoms with Crippen LogP contribution in [-0.2, 0) is 0 Å². The van der Waals surface area contributed by atoms with Crippen LogP contribution in [0.5, 0.6) is 0 Å². The Morgan fingerprint density at radius 1 is 1.05 bits per heavy atom. The minimum absolute atomic E-state index is 0.604. The van der Waals surface area contributed by atoms with E-state index >= 15 is 0 Å². The Balaban J connectivity index is 2.11. The van der Waals surface area contributed by atoms with Gasteiger partial charge in [0.1, 0.15) is 0 Å². The molecule has 4 nitrogen and oxygen atoms in total. The van der Waals surface area contributed by atoms with Crippen molar-refractivity contribution in [1.29, 1.82) is 0 Å². The number of nitrogens with zero attached hydrogens (tertiary/aromatic N) is 2. The third-order valence-corrected chi connectivity index (χ3v) is 3.33. The number of rotatable bonds is 2. The summed E-state index contributed by atoms with van der Waals surface area (Å²) in [4.78, 5) is 17.1. The molecule has 0 aliphatic carbocycles. The maximum atomic E-state index is 11.6. The lowest BCUT2D eigenvalue weighted by atomic mass is 10.1. The maximum Gasteiger partial charge on any atom is 0.416 e. The molecule has 0 spiro atoms. The van der Waals surface area contributed by atoms with Crippen molar-refractivity contribution in [2.24, 2.45) is 0 Å². The zero-order valence-corrected chi connectivity index (χ0v) is 11.5. The van der Waals surface area contributed by atoms with Gasteiger partial charge in [0.05, 0.1) is 16.9 Å². The van der Waals surface area contributed by atoms with E-state index < -0.39 is 6.09 Å². The molecule has 0 fully saturated rings. The largest absolute Gasteiger partial charge is 0.464 e. The van der Waals surface area contributed by atoms with Gasteiger partial charge >= 0.3 is 6.09 Å². The zero-order chi connectivity index (χ0) is 14.8. The number of hydrogen-bond donors (Lipinski definition) is 1. The van der Waals surface area contributed by atoms with Crippen molar-refractivity contribution in [3.63, 3.8) is 0 Å². The molecule has 0 bridgehead atoms. The molecule has 0 saturated carbocycles. The molecule has 0 radical (unpaired) electrons. The average molecular weight is 278 g/mol. The molecule has 0 saturated heterocycles. The predicted molar refractivity (Wildman–Crippen MR) is 83.1 cm³/mol. The van der Waals surface area contributed by atoms with Crippen LogP contribution in [0, 0.1) is 6.92 Å². The van der Waals surface area contributed by atoms with Crippen LogP contribution < -0.4 is 4.90 Å². The summed E-state index contributed by atoms with van der Waals surface area (Å²) >= 11 is 0. The van der Waals surface area contributed by atoms with Gasteiger partial charge in [0.25, 0.3) is 0 Å². The van der Waals surface area contributed by atoms with Crippen LogP contribution in [0.2, 0.25) is 0 Å². The van der Waals surface area contributed by atoms with E-state index in [4.69, 9.17) is 0 Å². The van der Waals surface area contributed by atoms with E-state index in [1.807, 2.05) is 43.3 Å². The molecule has 2 aromatic carbocycles. The van der Waals surface area contributed by atoms with Gasteiger partial charge in [-0.15, -0.1) is 0 Å². The van der Waals surface area contributed by atoms with Gasteiger partial charge in [-0.05, 0) is 43.3 Å². The number of aryl methyl sites for hydroxylation is 1. The van der Waals surface area contributed by atoms with Crippen molar-refractivity contribution in [2.45, 2.75) is 6.92 Å². The summed E-state index contributed by atoms with van der Waals surface area (Å²) < 4.78 is 0. The Morgan fingerprint density at radius 2 is 1.76 bits per heavy atom. The number of benzene rings is 2. The molecular formula is C17H14N2O2. The molecule has 0 atom stereocenters. The molecule has 3 rings (SSSR count). The highest BCUT2D eigenvalue weighted by Crippen LogP contribution is 2.28. The number of hydrogen-bond acceptors (Lipinski definition) is 2. The molecule has 0 aliphatic heterocycles. The van der Waals surface area contributed by atoms with Crippen molar-refractivity contribution >= 4 is 28.4 Å². The topological polar surface area (TPSA) is 53.4 Å². The predicted octanol–water partition coefficient (Wildman–Crippen LogP) is 4.36. The SMILES string of the molecule is Cc1ccc(N(C(=O)O)c2ccc3ncccc3c2)cc1. The van der Waals surface area contributed by atoms with Crippen molar-refractivity contribution in [3.05, 3.63) is 66.4 Å². The van der Waals surface area contributed by atoms with Gasteiger partial charge < -0.3 is 5.11 Å². The van der Waals surface area contributed by atoms with Crippen molar-refractivity contribution in [2.75, 3.05) is 4.90 Å². The standard InChI is InChI=1S/C17H14N2O2/c1-12-4-6-14(7-5-12)19(17(20)21)15-8-9-16-13(11-15)3-2-10-18-16/h2-11H,1H3,(H,20,21). The van der Waals surface area contributed by atoms with Crippen LogP contribution >= 0.6 is 0 Å². The zero-order valence-electron chi connectivity index (χ0n) is 11.5. The molecule has 1 amide bonds. The fraction of sp³-hybridized carbons (Fsp3) is 0.0588. The van der Waals surface area contributed by atoms with E-state index in [2.05, 4.69) is 4.98 Å². The molecule has 4 heteroatoms. The lowest BCUT2D eigenvalue weighted by Crippen LogP contribution is -2.23. The Hall–Kier alpha value is -2.88. The highest BCUT2D eigenvalue weighted by Gasteiger charge is 2.17. The van der Waals surface area contributed by atoms with Crippen LogP contribution in [0.1, 0.15) is 5.56 Å². The summed E-state index contributed by atoms with van der Waals surface area (Å²) in [5.41, 5.74) is 3.16. The monoisotopic (exact) mass is 278 g/mol. The number of carboxylic acid groups (broad SMARTS) is 1. The number of anilines is 2. The molecule has 3 aromatic rings. The molecule has 21 heavy (non-hydrogen) atoms. The lowest BCUT2D eigenvalue weighted by molar-refractivity contribution is 0.205. The number of fused-ring (bicyclic) bond motifs is 1. The first-order valence-corrected chi connectivity index (χ1v) is 6.60. The minimum atomic E-state index is -1.01. The number of carbonyl (C=O) groups is 1. The third-order valence-electron chi connectivity index (χ3n) is 3.33. The fourth-order valence-corrected chi connectivity index (χ4v) is 2.27. The maximum absolute atomic E-state index is 11.6. The average Bonchev–Trinajstić information content (AvgIpc) is 2.49. The highest BCUT2D eigenvalue weighted by molar-refractivity contribution is 5.97. The molecule has 0 aliphatic rings. The third kappa shape index (κ3) is 2.56. The van der Waals surface area contributed by atoms with Crippen LogP contribution in [0.4, 0.5) is 16.2 Å². The van der Waals surface area contributed by atoms with Gasteiger partial charge in [-0.3, -0.25) is 4.98 Å². The summed E-state index contributed by atoms with van der Waals surface area (Å²) in [6, 6.07) is 16.6. The van der Waals surface area contributed by atoms with Gasteiger partial charge in [-0.25, -0.2) is 9.69 Å². The summed E-state index contributed by atoms with van der Waals surface area (Å²) in [5.74, 6) is 0. The van der Waals surface area contributed by atoms with Crippen LogP contribution in [0.3, 0.4) is 0 Å². The van der Waals surface area contributed by atoms with Crippen LogP contribution in [0.15, 0.2) is 60.8 Å². The van der Waals surface area contributed by atoms with E-state index in [9.17, 15) is 9.90 Å². The quantitative estimate of drug-likeness (QED) is 0.757. The second kappa shape index (κ2) is 5.25. The normalized spacial score (nSPS) is 10.5. The van der Waals surface area contributed by atoms with Gasteiger partial charge in [-0.2, -0.15) is 0 Å². The molecular weight excluding hydrogens is 264 g/mol. The fourth-order valence-electron chi connectivity index (χ4n) is 2.27. The molecule has 104 valence electrons. The minimum Gasteiger partial charge on any atom is -0.464 e. The second-order valence-corrected chi connectivity index (χ2v) is 4.83. The summed E-state index contributed by atoms with van der Waals surface area (Å²) in [6.07, 6.45) is 0.707. The van der Waals surface area contributed by atoms with Gasteiger partial charge in [0, 0.05) is 11.6 Å². The Bertz CT molecular complexity index is 797. The number of aromatic nitrogens is 1. The van der Waals surface area contributed by atoms with E-state index in [0.717, 1.165) is 16.5 Å².